The summed E-state index contributed by atoms with van der Waals surface area (Å²) in [7, 11) is 0. The number of nitrogens with one attached hydrogen (secondary N) is 2. The second-order valence-electron chi connectivity index (χ2n) is 6.77. The Labute approximate surface area is 177 Å². The van der Waals surface area contributed by atoms with Gasteiger partial charge in [0.05, 0.1) is 6.42 Å². The van der Waals surface area contributed by atoms with Crippen molar-refractivity contribution in [1.29, 1.82) is 0 Å². The zero-order valence-electron chi connectivity index (χ0n) is 15.8. The molecule has 1 amide bonds. The molecular weight excluding hydrogens is 408 g/mol. The van der Waals surface area contributed by atoms with Gasteiger partial charge < -0.3 is 20.5 Å². The first kappa shape index (κ1) is 21.1. The number of carboxylic acid groups (broad SMARTS) is 2. The number of carbonyl (C=O) groups is 3. The molecule has 1 atom stereocenters. The molecule has 0 saturated carbocycles. The molecule has 0 aliphatic carbocycles. The first-order valence-electron chi connectivity index (χ1n) is 9.11. The number of benzene rings is 2. The van der Waals surface area contributed by atoms with Crippen LogP contribution in [0.3, 0.4) is 0 Å². The molecule has 0 bridgehead atoms. The Morgan fingerprint density at radius 2 is 1.63 bits per heavy atom. The summed E-state index contributed by atoms with van der Waals surface area (Å²) in [6.07, 6.45) is 0.0364. The molecule has 0 radical (unpaired) electrons. The molecule has 0 spiro atoms. The predicted molar refractivity (Wildman–Crippen MR) is 112 cm³/mol. The highest BCUT2D eigenvalue weighted by atomic mass is 35.5. The van der Waals surface area contributed by atoms with Gasteiger partial charge in [-0.3, -0.25) is 9.59 Å². The van der Waals surface area contributed by atoms with Gasteiger partial charge in [-0.2, -0.15) is 0 Å². The first-order valence-corrected chi connectivity index (χ1v) is 9.49. The number of hydrogen-bond donors (Lipinski definition) is 4. The van der Waals surface area contributed by atoms with E-state index in [4.69, 9.17) is 16.7 Å². The predicted octanol–water partition coefficient (Wildman–Crippen LogP) is 3.85. The SMILES string of the molecule is O=C(O)C[C@@H](Cc1ccc(-c2cccc(Cl)c2)cc1)NC(=O)c1ccc(C(=O)O)[nH]1. The van der Waals surface area contributed by atoms with Crippen molar-refractivity contribution in [2.45, 2.75) is 18.9 Å². The standard InChI is InChI=1S/C22H19ClN2O5/c23-16-3-1-2-15(11-16)14-6-4-13(5-7-14)10-17(12-20(26)27)24-21(28)18-8-9-19(25-18)22(29)30/h1-9,11,17,25H,10,12H2,(H,24,28)(H,26,27)(H,29,30)/t17-/m1/s1. The Kier molecular flexibility index (Phi) is 6.54. The van der Waals surface area contributed by atoms with Gasteiger partial charge in [0.25, 0.3) is 5.91 Å². The van der Waals surface area contributed by atoms with E-state index in [2.05, 4.69) is 10.3 Å². The second kappa shape index (κ2) is 9.28. The third kappa shape index (κ3) is 5.48. The van der Waals surface area contributed by atoms with E-state index in [0.29, 0.717) is 11.4 Å². The van der Waals surface area contributed by atoms with Gasteiger partial charge in [-0.25, -0.2) is 4.79 Å². The Bertz CT molecular complexity index is 1080. The van der Waals surface area contributed by atoms with E-state index in [-0.39, 0.29) is 17.8 Å². The van der Waals surface area contributed by atoms with Crippen molar-refractivity contribution in [2.75, 3.05) is 0 Å². The number of aromatic amines is 1. The minimum atomic E-state index is -1.18. The molecule has 1 heterocycles. The maximum Gasteiger partial charge on any atom is 0.352 e. The molecule has 3 rings (SSSR count). The van der Waals surface area contributed by atoms with E-state index >= 15 is 0 Å². The van der Waals surface area contributed by atoms with Gasteiger partial charge in [0, 0.05) is 11.1 Å². The lowest BCUT2D eigenvalue weighted by molar-refractivity contribution is -0.137. The van der Waals surface area contributed by atoms with Gasteiger partial charge >= 0.3 is 11.9 Å². The summed E-state index contributed by atoms with van der Waals surface area (Å²) < 4.78 is 0. The fourth-order valence-corrected chi connectivity index (χ4v) is 3.28. The number of aliphatic carboxylic acids is 1. The molecule has 4 N–H and O–H groups in total. The maximum atomic E-state index is 12.4. The molecule has 1 aromatic heterocycles. The molecule has 2 aromatic carbocycles. The quantitative estimate of drug-likeness (QED) is 0.436. The van der Waals surface area contributed by atoms with Crippen molar-refractivity contribution in [3.63, 3.8) is 0 Å². The lowest BCUT2D eigenvalue weighted by atomic mass is 9.99. The number of carbonyl (C=O) groups excluding carboxylic acids is 1. The number of amides is 1. The smallest absolute Gasteiger partial charge is 0.352 e. The molecule has 8 heteroatoms. The zero-order valence-corrected chi connectivity index (χ0v) is 16.5. The highest BCUT2D eigenvalue weighted by Gasteiger charge is 2.19. The lowest BCUT2D eigenvalue weighted by Gasteiger charge is -2.17. The minimum Gasteiger partial charge on any atom is -0.481 e. The normalized spacial score (nSPS) is 11.6. The third-order valence-corrected chi connectivity index (χ3v) is 4.75. The minimum absolute atomic E-state index is 0.0547. The van der Waals surface area contributed by atoms with Crippen LogP contribution < -0.4 is 5.32 Å². The van der Waals surface area contributed by atoms with E-state index in [9.17, 15) is 19.5 Å². The Morgan fingerprint density at radius 3 is 2.23 bits per heavy atom. The third-order valence-electron chi connectivity index (χ3n) is 4.51. The number of aromatic carboxylic acids is 1. The van der Waals surface area contributed by atoms with Gasteiger partial charge in [0.1, 0.15) is 11.4 Å². The Morgan fingerprint density at radius 1 is 0.933 bits per heavy atom. The van der Waals surface area contributed by atoms with E-state index in [1.54, 1.807) is 6.07 Å². The average molecular weight is 427 g/mol. The molecule has 30 heavy (non-hydrogen) atoms. The molecule has 0 aliphatic heterocycles. The molecule has 0 fully saturated rings. The van der Waals surface area contributed by atoms with Crippen LogP contribution >= 0.6 is 11.6 Å². The fraction of sp³-hybridized carbons (Fsp3) is 0.136. The number of halogens is 1. The summed E-state index contributed by atoms with van der Waals surface area (Å²) in [5, 5.41) is 21.4. The fourth-order valence-electron chi connectivity index (χ4n) is 3.09. The molecule has 0 unspecified atom stereocenters. The summed E-state index contributed by atoms with van der Waals surface area (Å²) >= 11 is 6.03. The van der Waals surface area contributed by atoms with E-state index in [1.165, 1.54) is 12.1 Å². The molecule has 7 nitrogen and oxygen atoms in total. The second-order valence-corrected chi connectivity index (χ2v) is 7.21. The van der Waals surface area contributed by atoms with Crippen LogP contribution in [0.5, 0.6) is 0 Å². The van der Waals surface area contributed by atoms with Crippen LogP contribution in [0.25, 0.3) is 11.1 Å². The van der Waals surface area contributed by atoms with Crippen LogP contribution in [0.1, 0.15) is 33.0 Å². The zero-order chi connectivity index (χ0) is 21.7. The van der Waals surface area contributed by atoms with Crippen LogP contribution in [0.15, 0.2) is 60.7 Å². The summed E-state index contributed by atoms with van der Waals surface area (Å²) in [4.78, 5) is 37.1. The van der Waals surface area contributed by atoms with Crippen LogP contribution in [-0.2, 0) is 11.2 Å². The van der Waals surface area contributed by atoms with Crippen molar-refractivity contribution < 1.29 is 24.6 Å². The molecular formula is C22H19ClN2O5. The molecule has 0 saturated heterocycles. The summed E-state index contributed by atoms with van der Waals surface area (Å²) in [5.41, 5.74) is 2.72. The molecule has 154 valence electrons. The topological polar surface area (TPSA) is 119 Å². The van der Waals surface area contributed by atoms with Crippen LogP contribution in [0, 0.1) is 0 Å². The molecule has 0 aliphatic rings. The maximum absolute atomic E-state index is 12.4. The number of aromatic nitrogens is 1. The van der Waals surface area contributed by atoms with Gasteiger partial charge in [0.15, 0.2) is 0 Å². The Balaban J connectivity index is 1.71. The number of hydrogen-bond acceptors (Lipinski definition) is 3. The van der Waals surface area contributed by atoms with Crippen molar-refractivity contribution >= 4 is 29.4 Å². The Hall–Kier alpha value is -3.58. The van der Waals surface area contributed by atoms with Crippen LogP contribution in [-0.4, -0.2) is 39.1 Å². The van der Waals surface area contributed by atoms with Gasteiger partial charge in [-0.15, -0.1) is 0 Å². The van der Waals surface area contributed by atoms with Crippen LogP contribution in [0.4, 0.5) is 0 Å². The van der Waals surface area contributed by atoms with Crippen molar-refractivity contribution in [3.05, 3.63) is 82.6 Å². The van der Waals surface area contributed by atoms with E-state index in [0.717, 1.165) is 16.7 Å². The summed E-state index contributed by atoms with van der Waals surface area (Å²) in [5.74, 6) is -2.80. The number of H-pyrrole nitrogens is 1. The lowest BCUT2D eigenvalue weighted by Crippen LogP contribution is -2.38. The van der Waals surface area contributed by atoms with Gasteiger partial charge in [-0.05, 0) is 47.4 Å². The molecule has 3 aromatic rings. The van der Waals surface area contributed by atoms with Crippen LogP contribution in [0.2, 0.25) is 5.02 Å². The monoisotopic (exact) mass is 426 g/mol. The highest BCUT2D eigenvalue weighted by molar-refractivity contribution is 6.30. The first-order chi connectivity index (χ1) is 14.3. The van der Waals surface area contributed by atoms with Gasteiger partial charge in [-0.1, -0.05) is 48.0 Å². The highest BCUT2D eigenvalue weighted by Crippen LogP contribution is 2.23. The van der Waals surface area contributed by atoms with E-state index in [1.807, 2.05) is 42.5 Å². The number of carboxylic acids is 2. The van der Waals surface area contributed by atoms with Crippen molar-refractivity contribution in [2.24, 2.45) is 0 Å². The largest absolute Gasteiger partial charge is 0.481 e. The van der Waals surface area contributed by atoms with E-state index < -0.39 is 23.9 Å². The summed E-state index contributed by atoms with van der Waals surface area (Å²) in [6, 6.07) is 17.0. The van der Waals surface area contributed by atoms with Crippen molar-refractivity contribution in [1.82, 2.24) is 10.3 Å². The average Bonchev–Trinajstić information content (AvgIpc) is 3.19. The van der Waals surface area contributed by atoms with Gasteiger partial charge in [0.2, 0.25) is 0 Å². The van der Waals surface area contributed by atoms with Crippen molar-refractivity contribution in [3.8, 4) is 11.1 Å². The number of rotatable bonds is 8. The summed E-state index contributed by atoms with van der Waals surface area (Å²) in [6.45, 7) is 0.